The van der Waals surface area contributed by atoms with Crippen LogP contribution in [0.4, 0.5) is 14.6 Å². The van der Waals surface area contributed by atoms with Gasteiger partial charge >= 0.3 is 201 Å². The number of hydrogen-bond donors (Lipinski definition) is 2. The number of carbonyl (C=O) groups excluding carboxylic acids is 1. The number of carbonyl (C=O) groups is 1. The van der Waals surface area contributed by atoms with E-state index in [0.717, 1.165) is 30.1 Å². The van der Waals surface area contributed by atoms with Crippen molar-refractivity contribution in [2.75, 3.05) is 27.8 Å². The van der Waals surface area contributed by atoms with Crippen molar-refractivity contribution in [1.29, 1.82) is 0 Å². The van der Waals surface area contributed by atoms with Gasteiger partial charge in [0, 0.05) is 0 Å². The number of rotatable bonds is 11. The molecule has 2 aliphatic rings. The molecule has 0 radical (unpaired) electrons. The van der Waals surface area contributed by atoms with Crippen LogP contribution in [0.15, 0.2) is 33.7 Å². The van der Waals surface area contributed by atoms with Crippen LogP contribution in [0.5, 0.6) is 5.88 Å². The number of hydrogen-bond acceptors (Lipinski definition) is 5. The number of aromatic nitrogens is 1. The molecule has 1 aromatic rings. The van der Waals surface area contributed by atoms with Crippen LogP contribution in [0, 0.1) is 11.3 Å². The molecule has 0 saturated heterocycles. The van der Waals surface area contributed by atoms with Crippen LogP contribution in [0.2, 0.25) is 0 Å². The Morgan fingerprint density at radius 3 is 2.79 bits per heavy atom. The van der Waals surface area contributed by atoms with Crippen molar-refractivity contribution < 1.29 is 44.1 Å². The van der Waals surface area contributed by atoms with E-state index >= 15 is 0 Å². The fourth-order valence-electron chi connectivity index (χ4n) is 4.82. The van der Waals surface area contributed by atoms with Gasteiger partial charge in [0.25, 0.3) is 6.43 Å². The molecule has 0 saturated carbocycles. The zero-order valence-corrected chi connectivity index (χ0v) is 26.8. The molecule has 7 nitrogen and oxygen atoms in total. The molecule has 2 unspecified atom stereocenters. The minimum absolute atomic E-state index is 0.00544. The van der Waals surface area contributed by atoms with E-state index in [1.807, 2.05) is 33.1 Å². The summed E-state index contributed by atoms with van der Waals surface area (Å²) in [6.07, 6.45) is 3.92. The zero-order chi connectivity index (χ0) is 28.2. The van der Waals surface area contributed by atoms with E-state index < -0.39 is 17.8 Å². The number of ether oxygens (including phenoxy) is 1. The second-order valence-electron chi connectivity index (χ2n) is 9.97. The van der Waals surface area contributed by atoms with Gasteiger partial charge in [-0.1, -0.05) is 0 Å². The number of halogens is 5. The van der Waals surface area contributed by atoms with E-state index in [1.54, 1.807) is 5.01 Å². The Bertz CT molecular complexity index is 1140. The number of alkyl halides is 5. The quantitative estimate of drug-likeness (QED) is 0.120. The first-order valence-corrected chi connectivity index (χ1v) is 16.8. The molecular weight excluding hydrogens is 695 g/mol. The summed E-state index contributed by atoms with van der Waals surface area (Å²) in [5.74, 6) is 6.60. The van der Waals surface area contributed by atoms with E-state index in [0.29, 0.717) is 6.42 Å². The van der Waals surface area contributed by atoms with Gasteiger partial charge in [0.15, 0.2) is 0 Å². The molecule has 1 aliphatic carbocycles. The van der Waals surface area contributed by atoms with Crippen molar-refractivity contribution >= 4 is 45.5 Å². The van der Waals surface area contributed by atoms with Crippen LogP contribution >= 0.6 is 27.5 Å². The molecule has 2 atom stereocenters. The molecule has 38 heavy (non-hydrogen) atoms. The number of allylic oxidation sites excluding steroid dienone is 2. The van der Waals surface area contributed by atoms with Crippen LogP contribution in [-0.2, 0) is 4.79 Å². The summed E-state index contributed by atoms with van der Waals surface area (Å²) in [4.78, 5) is 17.8. The van der Waals surface area contributed by atoms with Gasteiger partial charge in [-0.25, -0.2) is 8.78 Å². The van der Waals surface area contributed by atoms with Crippen LogP contribution in [0.3, 0.4) is 0 Å². The SMILES string of the molecule is CCC[I-]CCC[N+]1=CC2=C(N(N)/C1=C\C(C)Cl)C(C)(C)CC2C(=O)Nc1cc(C(F)F)c(Br)c(OC)n1. The van der Waals surface area contributed by atoms with Gasteiger partial charge in [-0.2, -0.15) is 0 Å². The number of hydrazine groups is 1. The average molecular weight is 731 g/mol. The van der Waals surface area contributed by atoms with E-state index in [1.165, 1.54) is 28.5 Å². The Kier molecular flexibility index (Phi) is 11.0. The molecule has 1 aliphatic heterocycles. The van der Waals surface area contributed by atoms with Gasteiger partial charge < -0.3 is 4.74 Å². The van der Waals surface area contributed by atoms with Crippen molar-refractivity contribution in [3.63, 3.8) is 0 Å². The maximum absolute atomic E-state index is 13.6. The third-order valence-electron chi connectivity index (χ3n) is 6.40. The fraction of sp³-hybridized carbons (Fsp3) is 0.577. The Morgan fingerprint density at radius 1 is 1.47 bits per heavy atom. The Hall–Kier alpha value is -1.31. The van der Waals surface area contributed by atoms with Gasteiger partial charge in [-0.15, -0.1) is 0 Å². The van der Waals surface area contributed by atoms with Crippen molar-refractivity contribution in [3.8, 4) is 5.88 Å². The summed E-state index contributed by atoms with van der Waals surface area (Å²) < 4.78 is 37.0. The van der Waals surface area contributed by atoms with Crippen molar-refractivity contribution in [2.45, 2.75) is 58.8 Å². The third kappa shape index (κ3) is 7.06. The zero-order valence-electron chi connectivity index (χ0n) is 22.3. The number of nitrogens with two attached hydrogens (primary N) is 1. The average Bonchev–Trinajstić information content (AvgIpc) is 3.12. The summed E-state index contributed by atoms with van der Waals surface area (Å²) in [5, 5.41) is 4.18. The molecule has 0 aromatic carbocycles. The standard InChI is InChI=1S/C26H36BrClF2IN5O2/c1-6-8-31-9-7-10-35-14-18-17(13-26(3,4)22(18)36(32)20(35)11-15(2)28)24(37)33-19-12-16(23(29)30)21(27)25(34-19)38-5/h11-12,14-15,17,23H,6-10,13,32H2,1-5H3,(H,33,34,37)/b20-11-. The van der Waals surface area contributed by atoms with Crippen LogP contribution in [0.25, 0.3) is 0 Å². The summed E-state index contributed by atoms with van der Waals surface area (Å²) in [5.41, 5.74) is 0.953. The minimum atomic E-state index is -2.77. The molecule has 12 heteroatoms. The first-order valence-electron chi connectivity index (χ1n) is 12.5. The van der Waals surface area contributed by atoms with E-state index in [9.17, 15) is 13.6 Å². The second kappa shape index (κ2) is 13.4. The normalized spacial score (nSPS) is 20.7. The van der Waals surface area contributed by atoms with E-state index in [2.05, 4.69) is 37.7 Å². The first kappa shape index (κ1) is 31.2. The Morgan fingerprint density at radius 2 is 2.18 bits per heavy atom. The van der Waals surface area contributed by atoms with E-state index in [-0.39, 0.29) is 54.2 Å². The number of anilines is 1. The van der Waals surface area contributed by atoms with Gasteiger partial charge in [-0.05, 0) is 15.9 Å². The van der Waals surface area contributed by atoms with Crippen LogP contribution < -0.4 is 37.1 Å². The summed E-state index contributed by atoms with van der Waals surface area (Å²) in [6, 6.07) is 1.17. The molecule has 1 amide bonds. The molecule has 2 heterocycles. The summed E-state index contributed by atoms with van der Waals surface area (Å²) >= 11 is 9.64. The van der Waals surface area contributed by atoms with Crippen molar-refractivity contribution in [3.05, 3.63) is 39.3 Å². The third-order valence-corrected chi connectivity index (χ3v) is 10.7. The molecule has 3 rings (SSSR count). The Balaban J connectivity index is 1.95. The monoisotopic (exact) mass is 729 g/mol. The Labute approximate surface area is 247 Å². The number of amides is 1. The summed E-state index contributed by atoms with van der Waals surface area (Å²) in [6.45, 7) is 8.96. The van der Waals surface area contributed by atoms with Crippen molar-refractivity contribution in [1.82, 2.24) is 9.99 Å². The van der Waals surface area contributed by atoms with Gasteiger partial charge in [-0.3, -0.25) is 0 Å². The van der Waals surface area contributed by atoms with Gasteiger partial charge in [0.2, 0.25) is 0 Å². The van der Waals surface area contributed by atoms with Crippen LogP contribution in [0.1, 0.15) is 58.9 Å². The van der Waals surface area contributed by atoms with Gasteiger partial charge in [0.1, 0.15) is 0 Å². The number of methoxy groups -OCH3 is 1. The second-order valence-corrected chi connectivity index (χ2v) is 14.7. The number of nitrogens with zero attached hydrogens (tertiary/aromatic N) is 3. The predicted molar refractivity (Wildman–Crippen MR) is 146 cm³/mol. The van der Waals surface area contributed by atoms with Gasteiger partial charge in [0.05, 0.1) is 11.6 Å². The molecule has 0 bridgehead atoms. The molecule has 3 N–H and O–H groups in total. The molecular formula is C26H36BrClF2IN5O2. The molecule has 0 spiro atoms. The molecule has 212 valence electrons. The van der Waals surface area contributed by atoms with Crippen molar-refractivity contribution in [2.24, 2.45) is 17.2 Å². The maximum atomic E-state index is 13.6. The summed E-state index contributed by atoms with van der Waals surface area (Å²) in [7, 11) is 1.34. The molecule has 1 aromatic heterocycles. The number of nitrogens with one attached hydrogen (secondary N) is 1. The predicted octanol–water partition coefficient (Wildman–Crippen LogP) is 2.66. The van der Waals surface area contributed by atoms with E-state index in [4.69, 9.17) is 22.2 Å². The first-order chi connectivity index (χ1) is 17.9. The molecule has 0 fully saturated rings. The fourth-order valence-corrected chi connectivity index (χ4v) is 7.65. The van der Waals surface area contributed by atoms with Crippen LogP contribution in [-0.4, -0.2) is 54.6 Å². The topological polar surface area (TPSA) is 83.5 Å². The number of pyridine rings is 1.